The molecule has 4 nitrogen and oxygen atoms in total. The number of halogens is 1. The molecule has 3 unspecified atom stereocenters. The molecule has 1 saturated carbocycles. The Balaban J connectivity index is 2.15. The van der Waals surface area contributed by atoms with Crippen LogP contribution in [-0.4, -0.2) is 19.9 Å². The van der Waals surface area contributed by atoms with E-state index in [1.54, 1.807) is 11.3 Å². The van der Waals surface area contributed by atoms with Crippen LogP contribution < -0.4 is 11.3 Å². The molecule has 7 heteroatoms. The second-order valence-corrected chi connectivity index (χ2v) is 9.82. The summed E-state index contributed by atoms with van der Waals surface area (Å²) in [6, 6.07) is 2.09. The molecule has 0 bridgehead atoms. The zero-order valence-electron chi connectivity index (χ0n) is 10.8. The predicted octanol–water partition coefficient (Wildman–Crippen LogP) is 2.62. The third-order valence-corrected chi connectivity index (χ3v) is 7.03. The zero-order chi connectivity index (χ0) is 14.0. The largest absolute Gasteiger partial charge is 0.271 e. The fourth-order valence-corrected chi connectivity index (χ4v) is 5.27. The Kier molecular flexibility index (Phi) is 5.05. The summed E-state index contributed by atoms with van der Waals surface area (Å²) < 4.78 is 24.5. The molecule has 0 amide bonds. The number of sulfone groups is 1. The molecule has 1 aliphatic rings. The van der Waals surface area contributed by atoms with Gasteiger partial charge in [0, 0.05) is 12.3 Å². The Bertz CT molecular complexity index is 530. The molecule has 0 saturated heterocycles. The topological polar surface area (TPSA) is 72.2 Å². The van der Waals surface area contributed by atoms with Gasteiger partial charge in [0.25, 0.3) is 0 Å². The van der Waals surface area contributed by atoms with Crippen molar-refractivity contribution in [2.24, 2.45) is 11.8 Å². The van der Waals surface area contributed by atoms with Gasteiger partial charge in [-0.25, -0.2) is 8.42 Å². The lowest BCUT2D eigenvalue weighted by Gasteiger charge is -2.33. The summed E-state index contributed by atoms with van der Waals surface area (Å²) >= 11 is 5.07. The van der Waals surface area contributed by atoms with E-state index in [1.165, 1.54) is 6.26 Å². The van der Waals surface area contributed by atoms with Gasteiger partial charge < -0.3 is 0 Å². The van der Waals surface area contributed by atoms with Crippen molar-refractivity contribution in [2.45, 2.75) is 37.0 Å². The fourth-order valence-electron chi connectivity index (χ4n) is 2.86. The first kappa shape index (κ1) is 15.4. The van der Waals surface area contributed by atoms with Gasteiger partial charge in [0.1, 0.15) is 9.84 Å². The minimum absolute atomic E-state index is 0.0344. The van der Waals surface area contributed by atoms with E-state index in [4.69, 9.17) is 5.84 Å². The number of nitrogens with one attached hydrogen (secondary N) is 1. The van der Waals surface area contributed by atoms with Crippen LogP contribution in [0.3, 0.4) is 0 Å². The van der Waals surface area contributed by atoms with Crippen LogP contribution in [0.1, 0.15) is 37.3 Å². The van der Waals surface area contributed by atoms with Crippen molar-refractivity contribution in [3.05, 3.63) is 20.8 Å². The Morgan fingerprint density at radius 2 is 2.26 bits per heavy atom. The fraction of sp³-hybridized carbons (Fsp3) is 0.667. The lowest BCUT2D eigenvalue weighted by molar-refractivity contribution is 0.275. The molecule has 0 aliphatic heterocycles. The van der Waals surface area contributed by atoms with E-state index in [-0.39, 0.29) is 17.2 Å². The minimum Gasteiger partial charge on any atom is -0.271 e. The molecule has 19 heavy (non-hydrogen) atoms. The summed E-state index contributed by atoms with van der Waals surface area (Å²) in [5.41, 5.74) is 4.00. The monoisotopic (exact) mass is 366 g/mol. The molecule has 3 atom stereocenters. The van der Waals surface area contributed by atoms with Gasteiger partial charge in [0.05, 0.1) is 9.04 Å². The van der Waals surface area contributed by atoms with E-state index in [9.17, 15) is 8.42 Å². The van der Waals surface area contributed by atoms with E-state index in [1.807, 2.05) is 0 Å². The maximum Gasteiger partial charge on any atom is 0.150 e. The van der Waals surface area contributed by atoms with Crippen molar-refractivity contribution < 1.29 is 8.42 Å². The standard InChI is InChI=1S/C12H19BrN2O2S2/c1-19(16,17)10-4-2-3-8(5-10)12(15-14)9-6-11(13)18-7-9/h6-8,10,12,15H,2-5,14H2,1H3. The lowest BCUT2D eigenvalue weighted by atomic mass is 9.82. The summed E-state index contributed by atoms with van der Waals surface area (Å²) in [7, 11) is -2.95. The van der Waals surface area contributed by atoms with Crippen LogP contribution in [0.25, 0.3) is 0 Å². The summed E-state index contributed by atoms with van der Waals surface area (Å²) in [4.78, 5) is 0. The molecular formula is C12H19BrN2O2S2. The Labute approximate surface area is 126 Å². The summed E-state index contributed by atoms with van der Waals surface area (Å²) in [5.74, 6) is 5.97. The molecule has 2 rings (SSSR count). The predicted molar refractivity (Wildman–Crippen MR) is 82.7 cm³/mol. The summed E-state index contributed by atoms with van der Waals surface area (Å²) in [5, 5.41) is 1.85. The minimum atomic E-state index is -2.95. The molecule has 1 aromatic rings. The molecule has 1 heterocycles. The Hall–Kier alpha value is 0.0500. The van der Waals surface area contributed by atoms with E-state index in [0.29, 0.717) is 6.42 Å². The smallest absolute Gasteiger partial charge is 0.150 e. The molecule has 1 aliphatic carbocycles. The number of hydrogen-bond donors (Lipinski definition) is 2. The van der Waals surface area contributed by atoms with Crippen molar-refractivity contribution in [1.82, 2.24) is 5.43 Å². The number of hydrazine groups is 1. The van der Waals surface area contributed by atoms with Crippen LogP contribution in [0.15, 0.2) is 15.2 Å². The zero-order valence-corrected chi connectivity index (χ0v) is 14.0. The van der Waals surface area contributed by atoms with Crippen LogP contribution in [-0.2, 0) is 9.84 Å². The van der Waals surface area contributed by atoms with E-state index in [2.05, 4.69) is 32.8 Å². The second-order valence-electron chi connectivity index (χ2n) is 5.21. The summed E-state index contributed by atoms with van der Waals surface area (Å²) in [6.07, 6.45) is 4.79. The van der Waals surface area contributed by atoms with Crippen LogP contribution in [0.5, 0.6) is 0 Å². The second kappa shape index (κ2) is 6.22. The van der Waals surface area contributed by atoms with Crippen molar-refractivity contribution in [3.63, 3.8) is 0 Å². The van der Waals surface area contributed by atoms with Crippen LogP contribution in [0.2, 0.25) is 0 Å². The van der Waals surface area contributed by atoms with Crippen molar-refractivity contribution in [1.29, 1.82) is 0 Å². The first-order valence-corrected chi connectivity index (χ1v) is 9.93. The van der Waals surface area contributed by atoms with E-state index < -0.39 is 9.84 Å². The van der Waals surface area contributed by atoms with Crippen molar-refractivity contribution in [3.8, 4) is 0 Å². The van der Waals surface area contributed by atoms with Crippen LogP contribution in [0.4, 0.5) is 0 Å². The lowest BCUT2D eigenvalue weighted by Crippen LogP contribution is -2.38. The molecular weight excluding hydrogens is 348 g/mol. The molecule has 0 spiro atoms. The van der Waals surface area contributed by atoms with Gasteiger partial charge >= 0.3 is 0 Å². The third kappa shape index (κ3) is 3.78. The van der Waals surface area contributed by atoms with Crippen molar-refractivity contribution >= 4 is 37.1 Å². The number of rotatable bonds is 4. The number of thiophene rings is 1. The average Bonchev–Trinajstić information content (AvgIpc) is 2.76. The van der Waals surface area contributed by atoms with E-state index in [0.717, 1.165) is 28.6 Å². The Morgan fingerprint density at radius 3 is 2.79 bits per heavy atom. The van der Waals surface area contributed by atoms with Gasteiger partial charge in [-0.15, -0.1) is 11.3 Å². The maximum atomic E-state index is 11.7. The SMILES string of the molecule is CS(=O)(=O)C1CCCC(C(NN)c2csc(Br)c2)C1. The van der Waals surface area contributed by atoms with Gasteiger partial charge in [-0.05, 0) is 58.1 Å². The highest BCUT2D eigenvalue weighted by Crippen LogP contribution is 2.38. The highest BCUT2D eigenvalue weighted by Gasteiger charge is 2.33. The highest BCUT2D eigenvalue weighted by atomic mass is 79.9. The molecule has 3 N–H and O–H groups in total. The van der Waals surface area contributed by atoms with Gasteiger partial charge in [0.15, 0.2) is 0 Å². The molecule has 108 valence electrons. The van der Waals surface area contributed by atoms with Crippen LogP contribution >= 0.6 is 27.3 Å². The first-order valence-electron chi connectivity index (χ1n) is 6.30. The number of hydrogen-bond acceptors (Lipinski definition) is 5. The highest BCUT2D eigenvalue weighted by molar-refractivity contribution is 9.11. The molecule has 1 fully saturated rings. The Morgan fingerprint density at radius 1 is 1.53 bits per heavy atom. The first-order chi connectivity index (χ1) is 8.91. The third-order valence-electron chi connectivity index (χ3n) is 3.87. The van der Waals surface area contributed by atoms with E-state index >= 15 is 0 Å². The number of nitrogens with two attached hydrogens (primary N) is 1. The molecule has 0 radical (unpaired) electrons. The average molecular weight is 367 g/mol. The molecule has 0 aromatic carbocycles. The van der Waals surface area contributed by atoms with Gasteiger partial charge in [-0.3, -0.25) is 11.3 Å². The normalized spacial score (nSPS) is 26.3. The van der Waals surface area contributed by atoms with Crippen LogP contribution in [0, 0.1) is 5.92 Å². The van der Waals surface area contributed by atoms with Gasteiger partial charge in [-0.2, -0.15) is 0 Å². The summed E-state index contributed by atoms with van der Waals surface area (Å²) in [6.45, 7) is 0. The molecule has 1 aromatic heterocycles. The van der Waals surface area contributed by atoms with Crippen molar-refractivity contribution in [2.75, 3.05) is 6.26 Å². The quantitative estimate of drug-likeness (QED) is 0.634. The van der Waals surface area contributed by atoms with Gasteiger partial charge in [-0.1, -0.05) is 6.42 Å². The maximum absolute atomic E-state index is 11.7. The van der Waals surface area contributed by atoms with Gasteiger partial charge in [0.2, 0.25) is 0 Å².